The fourth-order valence-corrected chi connectivity index (χ4v) is 6.90. The molecule has 5 heteroatoms. The van der Waals surface area contributed by atoms with Gasteiger partial charge in [-0.2, -0.15) is 8.78 Å². The van der Waals surface area contributed by atoms with E-state index in [4.69, 9.17) is 9.47 Å². The average Bonchev–Trinajstić information content (AvgIpc) is 2.88. The van der Waals surface area contributed by atoms with Crippen molar-refractivity contribution in [1.82, 2.24) is 0 Å². The second kappa shape index (κ2) is 13.6. The topological polar surface area (TPSA) is 35.5 Å². The van der Waals surface area contributed by atoms with E-state index in [2.05, 4.69) is 13.8 Å². The summed E-state index contributed by atoms with van der Waals surface area (Å²) in [6, 6.07) is 2.66. The van der Waals surface area contributed by atoms with Crippen LogP contribution in [0.25, 0.3) is 0 Å². The first-order valence-electron chi connectivity index (χ1n) is 14.3. The molecule has 2 aliphatic carbocycles. The lowest BCUT2D eigenvalue weighted by Crippen LogP contribution is -2.42. The quantitative estimate of drug-likeness (QED) is 0.166. The van der Waals surface area contributed by atoms with Gasteiger partial charge >= 0.3 is 5.97 Å². The van der Waals surface area contributed by atoms with Gasteiger partial charge in [-0.25, -0.2) is 0 Å². The molecule has 35 heavy (non-hydrogen) atoms. The first kappa shape index (κ1) is 27.9. The van der Waals surface area contributed by atoms with E-state index in [9.17, 15) is 13.6 Å². The third-order valence-corrected chi connectivity index (χ3v) is 8.72. The number of carbonyl (C=O) groups excluding carboxylic acids is 1. The number of esters is 1. The van der Waals surface area contributed by atoms with Crippen molar-refractivity contribution in [3.8, 4) is 11.5 Å². The fraction of sp³-hybridized carbons (Fsp3) is 0.767. The molecule has 0 amide bonds. The second-order valence-corrected chi connectivity index (χ2v) is 10.9. The van der Waals surface area contributed by atoms with Crippen LogP contribution >= 0.6 is 0 Å². The zero-order valence-corrected chi connectivity index (χ0v) is 22.2. The molecule has 0 atom stereocenters. The van der Waals surface area contributed by atoms with Crippen LogP contribution in [0.5, 0.6) is 11.5 Å². The van der Waals surface area contributed by atoms with Crippen molar-refractivity contribution in [3.05, 3.63) is 23.8 Å². The molecule has 0 spiro atoms. The van der Waals surface area contributed by atoms with E-state index < -0.39 is 17.6 Å². The predicted octanol–water partition coefficient (Wildman–Crippen LogP) is 9.02. The summed E-state index contributed by atoms with van der Waals surface area (Å²) < 4.78 is 39.6. The maximum Gasteiger partial charge on any atom is 0.314 e. The normalized spacial score (nSPS) is 22.2. The SMILES string of the molecule is CCCCOc1ccc(OC(=O)C2CCC(C3(C(CCC)CCC)CCCCC3)CC2)c(F)c1F. The molecule has 2 fully saturated rings. The summed E-state index contributed by atoms with van der Waals surface area (Å²) in [4.78, 5) is 12.9. The lowest BCUT2D eigenvalue weighted by molar-refractivity contribution is -0.141. The van der Waals surface area contributed by atoms with Crippen molar-refractivity contribution in [2.75, 3.05) is 6.61 Å². The molecular weight excluding hydrogens is 446 g/mol. The van der Waals surface area contributed by atoms with Crippen molar-refractivity contribution in [2.45, 2.75) is 117 Å². The highest BCUT2D eigenvalue weighted by Crippen LogP contribution is 2.56. The average molecular weight is 493 g/mol. The Bertz CT molecular complexity index is 789. The van der Waals surface area contributed by atoms with Gasteiger partial charge in [-0.05, 0) is 74.3 Å². The molecule has 0 heterocycles. The summed E-state index contributed by atoms with van der Waals surface area (Å²) in [7, 11) is 0. The van der Waals surface area contributed by atoms with Crippen LogP contribution in [0, 0.1) is 34.8 Å². The Morgan fingerprint density at radius 3 is 2.11 bits per heavy atom. The molecule has 0 unspecified atom stereocenters. The number of hydrogen-bond acceptors (Lipinski definition) is 3. The summed E-state index contributed by atoms with van der Waals surface area (Å²) in [5, 5.41) is 0. The van der Waals surface area contributed by atoms with Crippen LogP contribution < -0.4 is 9.47 Å². The maximum absolute atomic E-state index is 14.6. The van der Waals surface area contributed by atoms with E-state index in [0.29, 0.717) is 17.9 Å². The highest BCUT2D eigenvalue weighted by Gasteiger charge is 2.46. The van der Waals surface area contributed by atoms with Gasteiger partial charge in [0.05, 0.1) is 12.5 Å². The predicted molar refractivity (Wildman–Crippen MR) is 137 cm³/mol. The van der Waals surface area contributed by atoms with Gasteiger partial charge in [-0.15, -0.1) is 0 Å². The van der Waals surface area contributed by atoms with Crippen LogP contribution in [-0.2, 0) is 4.79 Å². The van der Waals surface area contributed by atoms with E-state index in [1.165, 1.54) is 69.9 Å². The second-order valence-electron chi connectivity index (χ2n) is 10.9. The van der Waals surface area contributed by atoms with Crippen LogP contribution in [-0.4, -0.2) is 12.6 Å². The number of halogens is 2. The Kier molecular flexibility index (Phi) is 10.9. The first-order valence-corrected chi connectivity index (χ1v) is 14.3. The standard InChI is InChI=1S/C30H46F2O3/c1-4-7-21-34-25-17-18-26(28(32)27(25)31)35-29(33)22-13-15-24(16-14-22)30(19-9-8-10-20-30)23(11-5-2)12-6-3/h17-18,22-24H,4-16,19-21H2,1-3H3. The van der Waals surface area contributed by atoms with Crippen LogP contribution in [0.3, 0.4) is 0 Å². The molecule has 0 aliphatic heterocycles. The highest BCUT2D eigenvalue weighted by atomic mass is 19.2. The molecule has 198 valence electrons. The van der Waals surface area contributed by atoms with Crippen molar-refractivity contribution >= 4 is 5.97 Å². The Balaban J connectivity index is 1.62. The van der Waals surface area contributed by atoms with Gasteiger partial charge in [0.25, 0.3) is 0 Å². The van der Waals surface area contributed by atoms with E-state index in [1.54, 1.807) is 0 Å². The molecule has 1 aromatic rings. The minimum atomic E-state index is -1.15. The molecular formula is C30H46F2O3. The Labute approximate surface area is 211 Å². The summed E-state index contributed by atoms with van der Waals surface area (Å²) in [6.45, 7) is 6.93. The van der Waals surface area contributed by atoms with Crippen molar-refractivity contribution < 1.29 is 23.0 Å². The minimum Gasteiger partial charge on any atom is -0.490 e. The fourth-order valence-electron chi connectivity index (χ4n) is 6.90. The third-order valence-electron chi connectivity index (χ3n) is 8.72. The molecule has 0 aromatic heterocycles. The van der Waals surface area contributed by atoms with Crippen molar-refractivity contribution in [2.24, 2.45) is 23.2 Å². The molecule has 0 N–H and O–H groups in total. The van der Waals surface area contributed by atoms with Gasteiger partial charge in [0.1, 0.15) is 0 Å². The van der Waals surface area contributed by atoms with Gasteiger partial charge in [-0.1, -0.05) is 72.1 Å². The molecule has 2 aliphatic rings. The van der Waals surface area contributed by atoms with Gasteiger partial charge < -0.3 is 9.47 Å². The molecule has 0 bridgehead atoms. The van der Waals surface area contributed by atoms with Crippen LogP contribution in [0.2, 0.25) is 0 Å². The molecule has 3 rings (SSSR count). The molecule has 2 saturated carbocycles. The largest absolute Gasteiger partial charge is 0.490 e. The van der Waals surface area contributed by atoms with Gasteiger partial charge in [0.2, 0.25) is 11.6 Å². The molecule has 0 radical (unpaired) electrons. The van der Waals surface area contributed by atoms with Crippen LogP contribution in [0.15, 0.2) is 12.1 Å². The lowest BCUT2D eigenvalue weighted by Gasteiger charge is -2.51. The van der Waals surface area contributed by atoms with Crippen molar-refractivity contribution in [1.29, 1.82) is 0 Å². The zero-order valence-electron chi connectivity index (χ0n) is 22.2. The number of benzene rings is 1. The van der Waals surface area contributed by atoms with Crippen molar-refractivity contribution in [3.63, 3.8) is 0 Å². The van der Waals surface area contributed by atoms with Gasteiger partial charge in [0, 0.05) is 0 Å². The van der Waals surface area contributed by atoms with Crippen LogP contribution in [0.1, 0.15) is 117 Å². The van der Waals surface area contributed by atoms with E-state index in [-0.39, 0.29) is 17.4 Å². The minimum absolute atomic E-state index is 0.136. The van der Waals surface area contributed by atoms with Crippen LogP contribution in [0.4, 0.5) is 8.78 Å². The number of unbranched alkanes of at least 4 members (excludes halogenated alkanes) is 1. The van der Waals surface area contributed by atoms with Gasteiger partial charge in [-0.3, -0.25) is 4.79 Å². The first-order chi connectivity index (χ1) is 17.0. The summed E-state index contributed by atoms with van der Waals surface area (Å²) >= 11 is 0. The summed E-state index contributed by atoms with van der Waals surface area (Å²) in [6.07, 6.45) is 17.0. The molecule has 0 saturated heterocycles. The van der Waals surface area contributed by atoms with E-state index >= 15 is 0 Å². The Morgan fingerprint density at radius 2 is 1.51 bits per heavy atom. The number of ether oxygens (including phenoxy) is 2. The number of hydrogen-bond donors (Lipinski definition) is 0. The zero-order chi connectivity index (χ0) is 25.3. The monoisotopic (exact) mass is 492 g/mol. The lowest BCUT2D eigenvalue weighted by atomic mass is 9.54. The summed E-state index contributed by atoms with van der Waals surface area (Å²) in [5.41, 5.74) is 0.419. The third kappa shape index (κ3) is 6.77. The highest BCUT2D eigenvalue weighted by molar-refractivity contribution is 5.75. The van der Waals surface area contributed by atoms with Gasteiger partial charge in [0.15, 0.2) is 11.5 Å². The smallest absolute Gasteiger partial charge is 0.314 e. The Morgan fingerprint density at radius 1 is 0.914 bits per heavy atom. The Hall–Kier alpha value is -1.65. The molecule has 1 aromatic carbocycles. The van der Waals surface area contributed by atoms with E-state index in [1.807, 2.05) is 6.92 Å². The maximum atomic E-state index is 14.6. The molecule has 3 nitrogen and oxygen atoms in total. The van der Waals surface area contributed by atoms with E-state index in [0.717, 1.165) is 44.4 Å². The summed E-state index contributed by atoms with van der Waals surface area (Å²) in [5.74, 6) is -1.96. The number of rotatable bonds is 12. The number of carbonyl (C=O) groups is 1.